The number of ether oxygens (including phenoxy) is 3. The first-order valence-electron chi connectivity index (χ1n) is 12.0. The molecule has 0 saturated heterocycles. The number of esters is 1. The number of aliphatic hydroxyl groups is 1. The summed E-state index contributed by atoms with van der Waals surface area (Å²) in [4.78, 5) is 32.3. The highest BCUT2D eigenvalue weighted by Gasteiger charge is 2.45. The molecule has 186 valence electrons. The highest BCUT2D eigenvalue weighted by molar-refractivity contribution is 7.98. The van der Waals surface area contributed by atoms with Crippen molar-refractivity contribution in [3.63, 3.8) is 0 Å². The summed E-state index contributed by atoms with van der Waals surface area (Å²) in [5.74, 6) is 0.537. The van der Waals surface area contributed by atoms with Crippen LogP contribution in [-0.4, -0.2) is 33.7 Å². The van der Waals surface area contributed by atoms with Gasteiger partial charge in [0, 0.05) is 27.5 Å². The molecule has 37 heavy (non-hydrogen) atoms. The fraction of sp³-hybridized carbons (Fsp3) is 0.250. The molecule has 3 aliphatic rings. The third-order valence-electron chi connectivity index (χ3n) is 7.56. The summed E-state index contributed by atoms with van der Waals surface area (Å²) in [5.41, 5.74) is 3.22. The lowest BCUT2D eigenvalue weighted by Gasteiger charge is -2.31. The summed E-state index contributed by atoms with van der Waals surface area (Å²) in [6.07, 6.45) is 2.13. The van der Waals surface area contributed by atoms with Crippen molar-refractivity contribution in [1.29, 1.82) is 0 Å². The molecule has 0 amide bonds. The third-order valence-corrected chi connectivity index (χ3v) is 8.30. The maximum atomic E-state index is 13.7. The Balaban J connectivity index is 1.54. The van der Waals surface area contributed by atoms with E-state index in [1.54, 1.807) is 29.3 Å². The summed E-state index contributed by atoms with van der Waals surface area (Å²) in [6.45, 7) is 2.00. The Labute approximate surface area is 215 Å². The van der Waals surface area contributed by atoms with E-state index in [0.29, 0.717) is 46.1 Å². The number of fused-ring (bicyclic) bond motifs is 6. The molecule has 0 unspecified atom stereocenters. The molecule has 0 aliphatic carbocycles. The van der Waals surface area contributed by atoms with E-state index in [1.165, 1.54) is 0 Å². The van der Waals surface area contributed by atoms with Crippen molar-refractivity contribution < 1.29 is 24.1 Å². The smallest absolute Gasteiger partial charge is 0.343 e. The largest absolute Gasteiger partial charge is 0.458 e. The number of carbonyl (C=O) groups is 1. The molecule has 1 N–H and O–H groups in total. The van der Waals surface area contributed by atoms with Crippen molar-refractivity contribution >= 4 is 28.6 Å². The van der Waals surface area contributed by atoms with Crippen molar-refractivity contribution in [3.05, 3.63) is 69.5 Å². The van der Waals surface area contributed by atoms with E-state index < -0.39 is 11.6 Å². The van der Waals surface area contributed by atoms with E-state index in [0.717, 1.165) is 27.0 Å². The number of rotatable bonds is 3. The molecule has 0 spiro atoms. The van der Waals surface area contributed by atoms with Crippen LogP contribution in [0.2, 0.25) is 0 Å². The fourth-order valence-corrected chi connectivity index (χ4v) is 5.97. The second kappa shape index (κ2) is 7.84. The lowest BCUT2D eigenvalue weighted by molar-refractivity contribution is -0.172. The minimum Gasteiger partial charge on any atom is -0.458 e. The van der Waals surface area contributed by atoms with Gasteiger partial charge in [0.15, 0.2) is 17.1 Å². The van der Waals surface area contributed by atoms with Gasteiger partial charge in [0.25, 0.3) is 5.56 Å². The first kappa shape index (κ1) is 22.4. The van der Waals surface area contributed by atoms with Gasteiger partial charge < -0.3 is 23.9 Å². The van der Waals surface area contributed by atoms with Crippen LogP contribution in [-0.2, 0) is 28.3 Å². The lowest BCUT2D eigenvalue weighted by atomic mass is 9.86. The molecular weight excluding hydrogens is 492 g/mol. The number of thioether (sulfide) groups is 1. The molecule has 5 heterocycles. The molecular formula is C28H22N2O6S. The summed E-state index contributed by atoms with van der Waals surface area (Å²) in [5, 5.41) is 12.1. The first-order chi connectivity index (χ1) is 17.9. The zero-order valence-electron chi connectivity index (χ0n) is 20.2. The Morgan fingerprint density at radius 2 is 1.81 bits per heavy atom. The van der Waals surface area contributed by atoms with Crippen LogP contribution in [0.4, 0.5) is 0 Å². The monoisotopic (exact) mass is 514 g/mol. The predicted molar refractivity (Wildman–Crippen MR) is 138 cm³/mol. The molecule has 0 fully saturated rings. The van der Waals surface area contributed by atoms with E-state index in [9.17, 15) is 14.7 Å². The van der Waals surface area contributed by atoms with Crippen molar-refractivity contribution in [2.45, 2.75) is 37.0 Å². The van der Waals surface area contributed by atoms with Crippen LogP contribution in [0.25, 0.3) is 33.4 Å². The first-order valence-corrected chi connectivity index (χ1v) is 13.2. The number of pyridine rings is 2. The molecule has 1 atom stereocenters. The van der Waals surface area contributed by atoms with Crippen molar-refractivity contribution in [2.75, 3.05) is 13.0 Å². The zero-order valence-corrected chi connectivity index (χ0v) is 21.0. The average molecular weight is 515 g/mol. The second-order valence-corrected chi connectivity index (χ2v) is 10.2. The third kappa shape index (κ3) is 3.04. The molecule has 4 aromatic rings. The highest BCUT2D eigenvalue weighted by Crippen LogP contribution is 2.46. The Morgan fingerprint density at radius 3 is 2.54 bits per heavy atom. The quantitative estimate of drug-likeness (QED) is 0.283. The van der Waals surface area contributed by atoms with Crippen LogP contribution in [0.1, 0.15) is 30.0 Å². The van der Waals surface area contributed by atoms with Crippen LogP contribution < -0.4 is 15.0 Å². The number of cyclic esters (lactones) is 1. The maximum absolute atomic E-state index is 13.7. The number of hydrogen-bond donors (Lipinski definition) is 1. The van der Waals surface area contributed by atoms with Crippen LogP contribution in [0.5, 0.6) is 11.5 Å². The van der Waals surface area contributed by atoms with Crippen LogP contribution in [0.3, 0.4) is 0 Å². The summed E-state index contributed by atoms with van der Waals surface area (Å²) >= 11 is 1.67. The maximum Gasteiger partial charge on any atom is 0.343 e. The zero-order chi connectivity index (χ0) is 25.5. The van der Waals surface area contributed by atoms with E-state index in [2.05, 4.69) is 24.3 Å². The summed E-state index contributed by atoms with van der Waals surface area (Å²) in [7, 11) is 0. The van der Waals surface area contributed by atoms with Crippen molar-refractivity contribution in [1.82, 2.24) is 9.55 Å². The van der Waals surface area contributed by atoms with Gasteiger partial charge in [-0.3, -0.25) is 4.79 Å². The number of benzene rings is 2. The van der Waals surface area contributed by atoms with Gasteiger partial charge in [0.2, 0.25) is 6.79 Å². The summed E-state index contributed by atoms with van der Waals surface area (Å²) in [6, 6.07) is 13.8. The van der Waals surface area contributed by atoms with Crippen molar-refractivity contribution in [2.24, 2.45) is 0 Å². The van der Waals surface area contributed by atoms with Gasteiger partial charge in [-0.2, -0.15) is 0 Å². The predicted octanol–water partition coefficient (Wildman–Crippen LogP) is 4.20. The van der Waals surface area contributed by atoms with E-state index in [4.69, 9.17) is 19.2 Å². The minimum atomic E-state index is -1.87. The standard InChI is InChI=1S/C28H22N2O6S/c1-3-28(33)19-9-21-25-17(11-30(21)26(31)18(19)12-34-27(28)32)24(14-4-6-15(37-2)7-5-14)16-8-22-23(36-13-35-22)10-20(16)29-25/h4-10,33H,3,11-13H2,1-2H3/t28-/m0/s1. The number of nitrogens with zero attached hydrogens (tertiary/aromatic N) is 2. The van der Waals surface area contributed by atoms with Gasteiger partial charge in [-0.25, -0.2) is 9.78 Å². The molecule has 9 heteroatoms. The van der Waals surface area contributed by atoms with E-state index >= 15 is 0 Å². The molecule has 2 aromatic carbocycles. The van der Waals surface area contributed by atoms with Gasteiger partial charge in [0.05, 0.1) is 29.0 Å². The molecule has 7 rings (SSSR count). The number of carbonyl (C=O) groups excluding carboxylic acids is 1. The molecule has 8 nitrogen and oxygen atoms in total. The van der Waals surface area contributed by atoms with Gasteiger partial charge in [-0.1, -0.05) is 19.1 Å². The summed E-state index contributed by atoms with van der Waals surface area (Å²) < 4.78 is 18.1. The second-order valence-electron chi connectivity index (χ2n) is 9.37. The van der Waals surface area contributed by atoms with Gasteiger partial charge in [-0.05, 0) is 48.1 Å². The van der Waals surface area contributed by atoms with Gasteiger partial charge in [0.1, 0.15) is 6.61 Å². The van der Waals surface area contributed by atoms with Crippen LogP contribution in [0.15, 0.2) is 52.2 Å². The van der Waals surface area contributed by atoms with Crippen molar-refractivity contribution in [3.8, 4) is 34.0 Å². The highest BCUT2D eigenvalue weighted by atomic mass is 32.2. The average Bonchev–Trinajstić information content (AvgIpc) is 3.53. The van der Waals surface area contributed by atoms with Crippen LogP contribution in [0, 0.1) is 0 Å². The topological polar surface area (TPSA) is 99.9 Å². The molecule has 0 saturated carbocycles. The Kier molecular flexibility index (Phi) is 4.74. The van der Waals surface area contributed by atoms with E-state index in [1.807, 2.05) is 18.4 Å². The Hall–Kier alpha value is -3.82. The number of aromatic nitrogens is 2. The fourth-order valence-electron chi connectivity index (χ4n) is 5.56. The lowest BCUT2D eigenvalue weighted by Crippen LogP contribution is -2.44. The number of hydrogen-bond acceptors (Lipinski definition) is 8. The molecule has 2 aromatic heterocycles. The minimum absolute atomic E-state index is 0.0935. The SMILES string of the molecule is CC[C@@]1(O)C(=O)OCc2c1cc1n(c2=O)Cc2c-1nc1cc3c(cc1c2-c1ccc(SC)cc1)OCO3. The molecule has 3 aliphatic heterocycles. The Morgan fingerprint density at radius 1 is 1.05 bits per heavy atom. The van der Waals surface area contributed by atoms with Crippen LogP contribution >= 0.6 is 11.8 Å². The Bertz CT molecular complexity index is 1710. The normalized spacial score (nSPS) is 18.9. The van der Waals surface area contributed by atoms with Gasteiger partial charge in [-0.15, -0.1) is 11.8 Å². The molecule has 0 radical (unpaired) electrons. The molecule has 0 bridgehead atoms. The van der Waals surface area contributed by atoms with E-state index in [-0.39, 0.29) is 25.4 Å². The van der Waals surface area contributed by atoms with Gasteiger partial charge >= 0.3 is 5.97 Å².